The number of benzene rings is 3. The van der Waals surface area contributed by atoms with E-state index in [9.17, 15) is 29.6 Å². The summed E-state index contributed by atoms with van der Waals surface area (Å²) in [4.78, 5) is 52.2. The molecule has 7 rings (SSSR count). The normalized spacial score (nSPS) is 26.5. The first-order valence-corrected chi connectivity index (χ1v) is 10.4. The minimum absolute atomic E-state index is 0.0710. The number of nitro groups is 1. The summed E-state index contributed by atoms with van der Waals surface area (Å²) in [5, 5.41) is 21.9. The summed E-state index contributed by atoms with van der Waals surface area (Å²) in [6, 6.07) is 19.4. The summed E-state index contributed by atoms with van der Waals surface area (Å²) in [6.45, 7) is 0. The maximum Gasteiger partial charge on any atom is 0.319 e. The number of carboxylic acids is 1. The predicted octanol–water partition coefficient (Wildman–Crippen LogP) is 3.23. The van der Waals surface area contributed by atoms with Crippen molar-refractivity contribution in [2.45, 2.75) is 11.3 Å². The molecule has 0 radical (unpaired) electrons. The van der Waals surface area contributed by atoms with Crippen LogP contribution in [0, 0.1) is 22.0 Å². The molecule has 4 aliphatic rings. The highest BCUT2D eigenvalue weighted by Gasteiger charge is 2.71. The summed E-state index contributed by atoms with van der Waals surface area (Å²) in [5.74, 6) is -4.94. The van der Waals surface area contributed by atoms with E-state index in [1.165, 1.54) is 24.3 Å². The third kappa shape index (κ3) is 2.17. The van der Waals surface area contributed by atoms with E-state index < -0.39 is 45.9 Å². The quantitative estimate of drug-likeness (QED) is 0.380. The monoisotopic (exact) mass is 440 g/mol. The Labute approximate surface area is 187 Å². The highest BCUT2D eigenvalue weighted by Crippen LogP contribution is 2.64. The van der Waals surface area contributed by atoms with Gasteiger partial charge in [-0.25, -0.2) is 4.90 Å². The minimum atomic E-state index is -1.73. The fourth-order valence-corrected chi connectivity index (χ4v) is 6.14. The second kappa shape index (κ2) is 6.35. The van der Waals surface area contributed by atoms with Gasteiger partial charge in [0.1, 0.15) is 5.41 Å². The minimum Gasteiger partial charge on any atom is -0.480 e. The summed E-state index contributed by atoms with van der Waals surface area (Å²) in [5.41, 5.74) is 0.569. The van der Waals surface area contributed by atoms with Crippen LogP contribution in [0.3, 0.4) is 0 Å². The van der Waals surface area contributed by atoms with Crippen LogP contribution in [0.1, 0.15) is 28.2 Å². The molecule has 33 heavy (non-hydrogen) atoms. The lowest BCUT2D eigenvalue weighted by Gasteiger charge is -2.51. The second-order valence-corrected chi connectivity index (χ2v) is 8.56. The summed E-state index contributed by atoms with van der Waals surface area (Å²) in [6.07, 6.45) is 0. The van der Waals surface area contributed by atoms with Crippen LogP contribution in [0.25, 0.3) is 0 Å². The Morgan fingerprint density at radius 2 is 1.52 bits per heavy atom. The lowest BCUT2D eigenvalue weighted by Crippen LogP contribution is -2.57. The average molecular weight is 440 g/mol. The van der Waals surface area contributed by atoms with Crippen LogP contribution in [0.5, 0.6) is 0 Å². The number of aliphatic carboxylic acids is 1. The lowest BCUT2D eigenvalue weighted by atomic mass is 9.47. The van der Waals surface area contributed by atoms with Crippen LogP contribution in [-0.4, -0.2) is 27.8 Å². The number of hydrogen-bond acceptors (Lipinski definition) is 5. The first kappa shape index (κ1) is 19.4. The number of anilines is 1. The van der Waals surface area contributed by atoms with Crippen molar-refractivity contribution in [3.8, 4) is 0 Å². The standard InChI is InChI=1S/C25H16N2O6/c28-22-20-19-15-8-1-3-10-17(15)25(24(30)31,18-11-4-2-9-16(18)19)21(20)23(29)26(22)13-6-5-7-14(12-13)27(32)33/h1-12,19-21H,(H,30,31). The molecule has 8 nitrogen and oxygen atoms in total. The Balaban J connectivity index is 1.64. The van der Waals surface area contributed by atoms with Gasteiger partial charge in [0, 0.05) is 18.1 Å². The first-order valence-electron chi connectivity index (χ1n) is 10.4. The molecular weight excluding hydrogens is 424 g/mol. The van der Waals surface area contributed by atoms with Gasteiger partial charge in [-0.2, -0.15) is 0 Å². The third-order valence-electron chi connectivity index (χ3n) is 7.25. The number of hydrogen-bond donors (Lipinski definition) is 1. The molecule has 1 heterocycles. The Kier molecular flexibility index (Phi) is 3.73. The molecule has 2 atom stereocenters. The van der Waals surface area contributed by atoms with Gasteiger partial charge in [-0.3, -0.25) is 24.5 Å². The van der Waals surface area contributed by atoms with Crippen LogP contribution >= 0.6 is 0 Å². The van der Waals surface area contributed by atoms with Crippen molar-refractivity contribution < 1.29 is 24.4 Å². The molecule has 3 aliphatic carbocycles. The smallest absolute Gasteiger partial charge is 0.319 e. The molecular formula is C25H16N2O6. The van der Waals surface area contributed by atoms with Crippen molar-refractivity contribution in [3.63, 3.8) is 0 Å². The predicted molar refractivity (Wildman–Crippen MR) is 116 cm³/mol. The molecule has 162 valence electrons. The zero-order valence-electron chi connectivity index (χ0n) is 17.0. The number of nitrogens with zero attached hydrogens (tertiary/aromatic N) is 2. The van der Waals surface area contributed by atoms with Gasteiger partial charge in [0.05, 0.1) is 22.4 Å². The van der Waals surface area contributed by atoms with E-state index in [-0.39, 0.29) is 11.4 Å². The van der Waals surface area contributed by atoms with E-state index >= 15 is 0 Å². The molecule has 2 bridgehead atoms. The summed E-state index contributed by atoms with van der Waals surface area (Å²) < 4.78 is 0. The molecule has 3 aromatic carbocycles. The van der Waals surface area contributed by atoms with E-state index in [1.54, 1.807) is 36.4 Å². The van der Waals surface area contributed by atoms with Crippen LogP contribution in [0.4, 0.5) is 11.4 Å². The largest absolute Gasteiger partial charge is 0.480 e. The maximum atomic E-state index is 13.8. The molecule has 1 fully saturated rings. The zero-order valence-corrected chi connectivity index (χ0v) is 17.0. The molecule has 0 saturated carbocycles. The van der Waals surface area contributed by atoms with E-state index in [0.29, 0.717) is 11.1 Å². The number of carboxylic acid groups (broad SMARTS) is 1. The van der Waals surface area contributed by atoms with Gasteiger partial charge >= 0.3 is 5.97 Å². The first-order chi connectivity index (χ1) is 15.9. The molecule has 2 unspecified atom stereocenters. The van der Waals surface area contributed by atoms with Gasteiger partial charge in [-0.05, 0) is 28.3 Å². The lowest BCUT2D eigenvalue weighted by molar-refractivity contribution is -0.384. The number of imide groups is 1. The van der Waals surface area contributed by atoms with Crippen LogP contribution < -0.4 is 4.90 Å². The van der Waals surface area contributed by atoms with Gasteiger partial charge in [-0.15, -0.1) is 0 Å². The molecule has 0 aromatic heterocycles. The average Bonchev–Trinajstić information content (AvgIpc) is 3.09. The van der Waals surface area contributed by atoms with E-state index in [2.05, 4.69) is 0 Å². The van der Waals surface area contributed by atoms with Crippen molar-refractivity contribution in [2.75, 3.05) is 4.90 Å². The number of carbonyl (C=O) groups excluding carboxylic acids is 2. The topological polar surface area (TPSA) is 118 Å². The van der Waals surface area contributed by atoms with Crippen molar-refractivity contribution in [1.29, 1.82) is 0 Å². The number of rotatable bonds is 3. The SMILES string of the molecule is O=C1C2C3c4ccccc4C(C(=O)O)(c4ccccc43)C2C(=O)N1c1cccc([N+](=O)[O-])c1. The van der Waals surface area contributed by atoms with Gasteiger partial charge in [0.2, 0.25) is 11.8 Å². The van der Waals surface area contributed by atoms with E-state index in [4.69, 9.17) is 0 Å². The zero-order chi connectivity index (χ0) is 23.1. The number of carbonyl (C=O) groups is 3. The van der Waals surface area contributed by atoms with Crippen molar-refractivity contribution in [3.05, 3.63) is 105 Å². The molecule has 2 amide bonds. The Morgan fingerprint density at radius 1 is 0.909 bits per heavy atom. The van der Waals surface area contributed by atoms with Gasteiger partial charge in [0.15, 0.2) is 0 Å². The van der Waals surface area contributed by atoms with Crippen molar-refractivity contribution in [2.24, 2.45) is 11.8 Å². The fourth-order valence-electron chi connectivity index (χ4n) is 6.14. The van der Waals surface area contributed by atoms with Crippen LogP contribution in [-0.2, 0) is 19.8 Å². The second-order valence-electron chi connectivity index (χ2n) is 8.56. The molecule has 1 aliphatic heterocycles. The van der Waals surface area contributed by atoms with Gasteiger partial charge in [-0.1, -0.05) is 54.6 Å². The van der Waals surface area contributed by atoms with E-state index in [1.807, 2.05) is 12.1 Å². The fraction of sp³-hybridized carbons (Fsp3) is 0.160. The highest BCUT2D eigenvalue weighted by atomic mass is 16.6. The summed E-state index contributed by atoms with van der Waals surface area (Å²) in [7, 11) is 0. The van der Waals surface area contributed by atoms with Gasteiger partial charge < -0.3 is 5.11 Å². The Hall–Kier alpha value is -4.33. The number of nitro benzene ring substituents is 1. The molecule has 8 heteroatoms. The number of amides is 2. The van der Waals surface area contributed by atoms with Crippen LogP contribution in [0.15, 0.2) is 72.8 Å². The maximum absolute atomic E-state index is 13.8. The van der Waals surface area contributed by atoms with Crippen molar-refractivity contribution in [1.82, 2.24) is 0 Å². The Morgan fingerprint density at radius 3 is 2.09 bits per heavy atom. The number of non-ortho nitro benzene ring substituents is 1. The highest BCUT2D eigenvalue weighted by molar-refractivity contribution is 6.25. The van der Waals surface area contributed by atoms with Crippen LogP contribution in [0.2, 0.25) is 0 Å². The third-order valence-corrected chi connectivity index (χ3v) is 7.25. The molecule has 1 saturated heterocycles. The molecule has 1 N–H and O–H groups in total. The van der Waals surface area contributed by atoms with E-state index in [0.717, 1.165) is 16.0 Å². The molecule has 0 spiro atoms. The van der Waals surface area contributed by atoms with Gasteiger partial charge in [0.25, 0.3) is 5.69 Å². The van der Waals surface area contributed by atoms with Crippen molar-refractivity contribution >= 4 is 29.2 Å². The Bertz CT molecular complexity index is 1370. The summed E-state index contributed by atoms with van der Waals surface area (Å²) >= 11 is 0. The molecule has 3 aromatic rings.